The summed E-state index contributed by atoms with van der Waals surface area (Å²) in [5, 5.41) is 13.8. The zero-order chi connectivity index (χ0) is 12.3. The molecule has 1 aliphatic rings. The third-order valence-corrected chi connectivity index (χ3v) is 3.12. The molecular formula is C12H17N3O2. The Morgan fingerprint density at radius 2 is 1.94 bits per heavy atom. The van der Waals surface area contributed by atoms with Crippen molar-refractivity contribution in [2.45, 2.75) is 19.3 Å². The van der Waals surface area contributed by atoms with E-state index in [9.17, 15) is 10.1 Å². The summed E-state index contributed by atoms with van der Waals surface area (Å²) in [7, 11) is 1.78. The molecule has 0 unspecified atom stereocenters. The molecule has 1 saturated heterocycles. The van der Waals surface area contributed by atoms with Crippen LogP contribution in [0.2, 0.25) is 0 Å². The minimum atomic E-state index is -0.339. The van der Waals surface area contributed by atoms with Gasteiger partial charge in [0.25, 0.3) is 5.69 Å². The minimum absolute atomic E-state index is 0.150. The number of anilines is 2. The molecule has 1 heterocycles. The van der Waals surface area contributed by atoms with Crippen molar-refractivity contribution in [3.8, 4) is 0 Å². The molecule has 0 atom stereocenters. The zero-order valence-electron chi connectivity index (χ0n) is 9.98. The van der Waals surface area contributed by atoms with Gasteiger partial charge in [0.1, 0.15) is 0 Å². The molecule has 0 amide bonds. The summed E-state index contributed by atoms with van der Waals surface area (Å²) in [6, 6.07) is 5.19. The standard InChI is InChI=1S/C12H17N3O2/c1-13-10-7-11(9-12(8-10)15(16)17)14-5-3-2-4-6-14/h7-9,13H,2-6H2,1H3. The van der Waals surface area contributed by atoms with Gasteiger partial charge in [0.05, 0.1) is 4.92 Å². The van der Waals surface area contributed by atoms with Crippen LogP contribution in [0.3, 0.4) is 0 Å². The smallest absolute Gasteiger partial charge is 0.273 e. The predicted octanol–water partition coefficient (Wildman–Crippen LogP) is 2.63. The first-order valence-electron chi connectivity index (χ1n) is 5.93. The van der Waals surface area contributed by atoms with E-state index in [-0.39, 0.29) is 10.6 Å². The van der Waals surface area contributed by atoms with Crippen LogP contribution in [0.15, 0.2) is 18.2 Å². The fraction of sp³-hybridized carbons (Fsp3) is 0.500. The van der Waals surface area contributed by atoms with Gasteiger partial charge in [0.15, 0.2) is 0 Å². The Hall–Kier alpha value is -1.78. The van der Waals surface area contributed by atoms with E-state index in [1.54, 1.807) is 19.2 Å². The Morgan fingerprint density at radius 1 is 1.24 bits per heavy atom. The lowest BCUT2D eigenvalue weighted by atomic mass is 10.1. The topological polar surface area (TPSA) is 58.4 Å². The summed E-state index contributed by atoms with van der Waals surface area (Å²) in [6.07, 6.45) is 3.58. The van der Waals surface area contributed by atoms with Crippen LogP contribution in [-0.4, -0.2) is 25.1 Å². The molecule has 0 spiro atoms. The van der Waals surface area contributed by atoms with Gasteiger partial charge in [-0.2, -0.15) is 0 Å². The second-order valence-electron chi connectivity index (χ2n) is 4.29. The number of nitro benzene ring substituents is 1. The Labute approximate surface area is 101 Å². The summed E-state index contributed by atoms with van der Waals surface area (Å²) < 4.78 is 0. The highest BCUT2D eigenvalue weighted by molar-refractivity contribution is 5.64. The van der Waals surface area contributed by atoms with Gasteiger partial charge in [-0.25, -0.2) is 0 Å². The van der Waals surface area contributed by atoms with Crippen molar-refractivity contribution >= 4 is 17.1 Å². The summed E-state index contributed by atoms with van der Waals surface area (Å²) in [6.45, 7) is 1.98. The van der Waals surface area contributed by atoms with Crippen molar-refractivity contribution in [1.29, 1.82) is 0 Å². The van der Waals surface area contributed by atoms with Crippen LogP contribution in [0.1, 0.15) is 19.3 Å². The summed E-state index contributed by atoms with van der Waals surface area (Å²) in [5.74, 6) is 0. The first-order valence-corrected chi connectivity index (χ1v) is 5.93. The number of piperidine rings is 1. The quantitative estimate of drug-likeness (QED) is 0.646. The van der Waals surface area contributed by atoms with E-state index < -0.39 is 0 Å². The van der Waals surface area contributed by atoms with E-state index in [4.69, 9.17) is 0 Å². The summed E-state index contributed by atoms with van der Waals surface area (Å²) >= 11 is 0. The molecule has 1 aromatic carbocycles. The molecular weight excluding hydrogens is 218 g/mol. The SMILES string of the molecule is CNc1cc(N2CCCCC2)cc([N+](=O)[O-])c1. The highest BCUT2D eigenvalue weighted by atomic mass is 16.6. The van der Waals surface area contributed by atoms with Gasteiger partial charge in [-0.3, -0.25) is 10.1 Å². The molecule has 0 aromatic heterocycles. The van der Waals surface area contributed by atoms with Crippen molar-refractivity contribution in [2.75, 3.05) is 30.4 Å². The maximum absolute atomic E-state index is 10.9. The molecule has 2 rings (SSSR count). The van der Waals surface area contributed by atoms with Crippen LogP contribution in [-0.2, 0) is 0 Å². The molecule has 1 aliphatic heterocycles. The number of hydrogen-bond donors (Lipinski definition) is 1. The molecule has 1 N–H and O–H groups in total. The summed E-state index contributed by atoms with van der Waals surface area (Å²) in [5.41, 5.74) is 1.89. The molecule has 92 valence electrons. The maximum atomic E-state index is 10.9. The Kier molecular flexibility index (Phi) is 3.46. The normalized spacial score (nSPS) is 15.7. The number of hydrogen-bond acceptors (Lipinski definition) is 4. The number of nitrogens with zero attached hydrogens (tertiary/aromatic N) is 2. The third kappa shape index (κ3) is 2.67. The largest absolute Gasteiger partial charge is 0.388 e. The number of non-ortho nitro benzene ring substituents is 1. The highest BCUT2D eigenvalue weighted by Gasteiger charge is 2.15. The molecule has 17 heavy (non-hydrogen) atoms. The molecule has 0 aliphatic carbocycles. The van der Waals surface area contributed by atoms with Crippen LogP contribution in [0.4, 0.5) is 17.1 Å². The van der Waals surface area contributed by atoms with Gasteiger partial charge < -0.3 is 10.2 Å². The fourth-order valence-corrected chi connectivity index (χ4v) is 2.18. The van der Waals surface area contributed by atoms with Gasteiger partial charge in [0.2, 0.25) is 0 Å². The predicted molar refractivity (Wildman–Crippen MR) is 68.7 cm³/mol. The number of benzene rings is 1. The first-order chi connectivity index (χ1) is 8.20. The lowest BCUT2D eigenvalue weighted by Gasteiger charge is -2.28. The maximum Gasteiger partial charge on any atom is 0.273 e. The van der Waals surface area contributed by atoms with Crippen LogP contribution in [0.25, 0.3) is 0 Å². The molecule has 0 bridgehead atoms. The van der Waals surface area contributed by atoms with Crippen LogP contribution in [0.5, 0.6) is 0 Å². The number of nitro groups is 1. The average molecular weight is 235 g/mol. The number of rotatable bonds is 3. The zero-order valence-corrected chi connectivity index (χ0v) is 9.98. The van der Waals surface area contributed by atoms with Gasteiger partial charge in [0, 0.05) is 43.6 Å². The van der Waals surface area contributed by atoms with Crippen LogP contribution < -0.4 is 10.2 Å². The number of nitrogens with one attached hydrogen (secondary N) is 1. The van der Waals surface area contributed by atoms with Crippen molar-refractivity contribution in [3.05, 3.63) is 28.3 Å². The molecule has 0 radical (unpaired) electrons. The Morgan fingerprint density at radius 3 is 2.53 bits per heavy atom. The summed E-state index contributed by atoms with van der Waals surface area (Å²) in [4.78, 5) is 12.7. The first kappa shape index (κ1) is 11.7. The lowest BCUT2D eigenvalue weighted by molar-refractivity contribution is -0.384. The molecule has 1 fully saturated rings. The molecule has 5 nitrogen and oxygen atoms in total. The molecule has 0 saturated carbocycles. The van der Waals surface area contributed by atoms with Crippen LogP contribution >= 0.6 is 0 Å². The van der Waals surface area contributed by atoms with E-state index in [2.05, 4.69) is 10.2 Å². The second-order valence-corrected chi connectivity index (χ2v) is 4.29. The van der Waals surface area contributed by atoms with Crippen molar-refractivity contribution in [1.82, 2.24) is 0 Å². The van der Waals surface area contributed by atoms with Gasteiger partial charge in [-0.05, 0) is 25.3 Å². The molecule has 5 heteroatoms. The van der Waals surface area contributed by atoms with E-state index >= 15 is 0 Å². The van der Waals surface area contributed by atoms with E-state index in [0.29, 0.717) is 0 Å². The lowest BCUT2D eigenvalue weighted by Crippen LogP contribution is -2.29. The van der Waals surface area contributed by atoms with E-state index in [1.807, 2.05) is 6.07 Å². The monoisotopic (exact) mass is 235 g/mol. The second kappa shape index (κ2) is 5.03. The molecule has 1 aromatic rings. The average Bonchev–Trinajstić information content (AvgIpc) is 2.39. The van der Waals surface area contributed by atoms with E-state index in [1.165, 1.54) is 6.42 Å². The van der Waals surface area contributed by atoms with Crippen molar-refractivity contribution < 1.29 is 4.92 Å². The van der Waals surface area contributed by atoms with E-state index in [0.717, 1.165) is 37.3 Å². The highest BCUT2D eigenvalue weighted by Crippen LogP contribution is 2.28. The third-order valence-electron chi connectivity index (χ3n) is 3.12. The Bertz CT molecular complexity index is 414. The van der Waals surface area contributed by atoms with Crippen LogP contribution in [0, 0.1) is 10.1 Å². The van der Waals surface area contributed by atoms with Gasteiger partial charge >= 0.3 is 0 Å². The van der Waals surface area contributed by atoms with Gasteiger partial charge in [-0.1, -0.05) is 0 Å². The Balaban J connectivity index is 2.31. The minimum Gasteiger partial charge on any atom is -0.388 e. The fourth-order valence-electron chi connectivity index (χ4n) is 2.18. The van der Waals surface area contributed by atoms with Crippen molar-refractivity contribution in [2.24, 2.45) is 0 Å². The van der Waals surface area contributed by atoms with Gasteiger partial charge in [-0.15, -0.1) is 0 Å². The van der Waals surface area contributed by atoms with Crippen molar-refractivity contribution in [3.63, 3.8) is 0 Å².